The zero-order chi connectivity index (χ0) is 23.1. The van der Waals surface area contributed by atoms with E-state index in [1.165, 1.54) is 0 Å². The number of hydrogen-bond donors (Lipinski definition) is 2. The van der Waals surface area contributed by atoms with Crippen molar-refractivity contribution in [1.82, 2.24) is 4.98 Å². The number of rotatable bonds is 8. The molecule has 0 aliphatic rings. The summed E-state index contributed by atoms with van der Waals surface area (Å²) in [6, 6.07) is 15.7. The molecule has 1 aromatic heterocycles. The van der Waals surface area contributed by atoms with Crippen LogP contribution in [0.3, 0.4) is 0 Å². The molecule has 0 unspecified atom stereocenters. The lowest BCUT2D eigenvalue weighted by Crippen LogP contribution is -2.17. The van der Waals surface area contributed by atoms with E-state index in [9.17, 15) is 9.59 Å². The lowest BCUT2D eigenvalue weighted by Gasteiger charge is -2.18. The van der Waals surface area contributed by atoms with Crippen LogP contribution in [0.15, 0.2) is 54.6 Å². The monoisotopic (exact) mass is 433 g/mol. The van der Waals surface area contributed by atoms with Crippen LogP contribution < -0.4 is 20.1 Å². The minimum Gasteiger partial charge on any atom is -0.492 e. The van der Waals surface area contributed by atoms with Crippen molar-refractivity contribution in [3.63, 3.8) is 0 Å². The Morgan fingerprint density at radius 1 is 0.812 bits per heavy atom. The van der Waals surface area contributed by atoms with Gasteiger partial charge in [-0.15, -0.1) is 0 Å². The van der Waals surface area contributed by atoms with Crippen LogP contribution in [0.4, 0.5) is 11.4 Å². The van der Waals surface area contributed by atoms with E-state index in [2.05, 4.69) is 15.6 Å². The van der Waals surface area contributed by atoms with Gasteiger partial charge in [0.25, 0.3) is 11.8 Å². The number of aryl methyl sites for hydroxylation is 2. The van der Waals surface area contributed by atoms with Crippen LogP contribution in [-0.4, -0.2) is 30.0 Å². The Hall–Kier alpha value is -3.87. The molecule has 0 spiro atoms. The Kier molecular flexibility index (Phi) is 7.44. The average molecular weight is 434 g/mol. The summed E-state index contributed by atoms with van der Waals surface area (Å²) >= 11 is 0. The molecule has 3 aromatic rings. The molecule has 7 nitrogen and oxygen atoms in total. The van der Waals surface area contributed by atoms with Gasteiger partial charge in [-0.05, 0) is 52.0 Å². The molecule has 7 heteroatoms. The number of carbonyl (C=O) groups is 2. The Bertz CT molecular complexity index is 1110. The molecule has 2 amide bonds. The fraction of sp³-hybridized carbons (Fsp3) is 0.240. The first kappa shape index (κ1) is 22.8. The minimum atomic E-state index is -0.306. The maximum Gasteiger partial charge on any atom is 0.257 e. The van der Waals surface area contributed by atoms with Crippen LogP contribution in [0.2, 0.25) is 0 Å². The molecule has 1 heterocycles. The smallest absolute Gasteiger partial charge is 0.257 e. The van der Waals surface area contributed by atoms with Gasteiger partial charge in [0.2, 0.25) is 0 Å². The molecule has 166 valence electrons. The van der Waals surface area contributed by atoms with Gasteiger partial charge in [-0.1, -0.05) is 18.2 Å². The molecular formula is C25H27N3O4. The highest BCUT2D eigenvalue weighted by Gasteiger charge is 2.18. The van der Waals surface area contributed by atoms with Crippen molar-refractivity contribution in [2.24, 2.45) is 0 Å². The Morgan fingerprint density at radius 2 is 1.38 bits per heavy atom. The second kappa shape index (κ2) is 10.4. The van der Waals surface area contributed by atoms with Crippen LogP contribution in [0, 0.1) is 13.8 Å². The number of benzene rings is 2. The molecule has 0 bridgehead atoms. The van der Waals surface area contributed by atoms with E-state index in [0.29, 0.717) is 52.9 Å². The van der Waals surface area contributed by atoms with E-state index in [4.69, 9.17) is 9.47 Å². The van der Waals surface area contributed by atoms with Crippen LogP contribution in [0.25, 0.3) is 0 Å². The predicted octanol–water partition coefficient (Wildman–Crippen LogP) is 5.00. The summed E-state index contributed by atoms with van der Waals surface area (Å²) in [5.41, 5.74) is 3.36. The topological polar surface area (TPSA) is 89.6 Å². The molecule has 32 heavy (non-hydrogen) atoms. The molecule has 3 rings (SSSR count). The van der Waals surface area contributed by atoms with Gasteiger partial charge in [0.05, 0.1) is 35.8 Å². The molecule has 0 fully saturated rings. The first-order chi connectivity index (χ1) is 15.4. The summed E-state index contributed by atoms with van der Waals surface area (Å²) in [5, 5.41) is 5.76. The lowest BCUT2D eigenvalue weighted by molar-refractivity contribution is 0.101. The van der Waals surface area contributed by atoms with Gasteiger partial charge in [0.15, 0.2) is 0 Å². The van der Waals surface area contributed by atoms with E-state index in [0.717, 1.165) is 5.69 Å². The normalized spacial score (nSPS) is 10.4. The van der Waals surface area contributed by atoms with E-state index in [1.807, 2.05) is 26.8 Å². The maximum absolute atomic E-state index is 12.9. The summed E-state index contributed by atoms with van der Waals surface area (Å²) in [6.07, 6.45) is 0. The molecule has 0 aliphatic heterocycles. The van der Waals surface area contributed by atoms with Gasteiger partial charge in [-0.2, -0.15) is 0 Å². The van der Waals surface area contributed by atoms with Crippen LogP contribution in [-0.2, 0) is 0 Å². The number of aromatic nitrogens is 1. The Balaban J connectivity index is 1.94. The second-order valence-corrected chi connectivity index (χ2v) is 7.07. The third kappa shape index (κ3) is 5.43. The van der Waals surface area contributed by atoms with Crippen molar-refractivity contribution in [1.29, 1.82) is 0 Å². The maximum atomic E-state index is 12.9. The lowest BCUT2D eigenvalue weighted by atomic mass is 10.1. The fourth-order valence-electron chi connectivity index (χ4n) is 3.21. The third-order valence-corrected chi connectivity index (χ3v) is 4.68. The first-order valence-electron chi connectivity index (χ1n) is 10.5. The van der Waals surface area contributed by atoms with Gasteiger partial charge in [-0.25, -0.2) is 0 Å². The van der Waals surface area contributed by atoms with Gasteiger partial charge < -0.3 is 20.1 Å². The van der Waals surface area contributed by atoms with Crippen LogP contribution in [0.1, 0.15) is 46.0 Å². The molecule has 0 atom stereocenters. The average Bonchev–Trinajstić information content (AvgIpc) is 2.77. The van der Waals surface area contributed by atoms with Gasteiger partial charge in [-0.3, -0.25) is 14.6 Å². The molecule has 0 aliphatic carbocycles. The van der Waals surface area contributed by atoms with Gasteiger partial charge >= 0.3 is 0 Å². The second-order valence-electron chi connectivity index (χ2n) is 7.07. The summed E-state index contributed by atoms with van der Waals surface area (Å²) in [6.45, 7) is 8.12. The quantitative estimate of drug-likeness (QED) is 0.522. The third-order valence-electron chi connectivity index (χ3n) is 4.68. The Labute approximate surface area is 187 Å². The van der Waals surface area contributed by atoms with Crippen LogP contribution >= 0.6 is 0 Å². The highest BCUT2D eigenvalue weighted by Crippen LogP contribution is 2.37. The van der Waals surface area contributed by atoms with Crippen molar-refractivity contribution < 1.29 is 19.1 Å². The van der Waals surface area contributed by atoms with Crippen molar-refractivity contribution >= 4 is 23.2 Å². The SMILES string of the molecule is CCOc1cc(NC(=O)c2ccc(C)nc2C)c(OCC)cc1NC(=O)c1ccccc1. The summed E-state index contributed by atoms with van der Waals surface area (Å²) in [5.74, 6) is 0.270. The van der Waals surface area contributed by atoms with E-state index in [1.54, 1.807) is 55.5 Å². The fourth-order valence-corrected chi connectivity index (χ4v) is 3.21. The number of nitrogens with one attached hydrogen (secondary N) is 2. The van der Waals surface area contributed by atoms with Crippen molar-refractivity contribution in [2.75, 3.05) is 23.8 Å². The summed E-state index contributed by atoms with van der Waals surface area (Å²) in [7, 11) is 0. The summed E-state index contributed by atoms with van der Waals surface area (Å²) in [4.78, 5) is 29.9. The predicted molar refractivity (Wildman–Crippen MR) is 125 cm³/mol. The van der Waals surface area contributed by atoms with Gasteiger partial charge in [0, 0.05) is 23.4 Å². The highest BCUT2D eigenvalue weighted by atomic mass is 16.5. The van der Waals surface area contributed by atoms with Crippen molar-refractivity contribution in [3.8, 4) is 11.5 Å². The van der Waals surface area contributed by atoms with Crippen molar-refractivity contribution in [2.45, 2.75) is 27.7 Å². The van der Waals surface area contributed by atoms with Gasteiger partial charge in [0.1, 0.15) is 11.5 Å². The molecule has 0 saturated carbocycles. The number of carbonyl (C=O) groups excluding carboxylic acids is 2. The molecule has 2 aromatic carbocycles. The number of amides is 2. The molecular weight excluding hydrogens is 406 g/mol. The largest absolute Gasteiger partial charge is 0.492 e. The standard InChI is InChI=1S/C25H27N3O4/c1-5-31-22-15-21(28-25(30)19-13-12-16(3)26-17(19)4)23(32-6-2)14-20(22)27-24(29)18-10-8-7-9-11-18/h7-15H,5-6H2,1-4H3,(H,27,29)(H,28,30). The first-order valence-corrected chi connectivity index (χ1v) is 10.5. The number of ether oxygens (including phenoxy) is 2. The van der Waals surface area contributed by atoms with Crippen molar-refractivity contribution in [3.05, 3.63) is 77.1 Å². The Morgan fingerprint density at radius 3 is 1.91 bits per heavy atom. The van der Waals surface area contributed by atoms with E-state index < -0.39 is 0 Å². The molecule has 0 saturated heterocycles. The number of nitrogens with zero attached hydrogens (tertiary/aromatic N) is 1. The number of pyridine rings is 1. The van der Waals surface area contributed by atoms with E-state index in [-0.39, 0.29) is 11.8 Å². The zero-order valence-electron chi connectivity index (χ0n) is 18.7. The summed E-state index contributed by atoms with van der Waals surface area (Å²) < 4.78 is 11.5. The molecule has 2 N–H and O–H groups in total. The number of hydrogen-bond acceptors (Lipinski definition) is 5. The molecule has 0 radical (unpaired) electrons. The van der Waals surface area contributed by atoms with E-state index >= 15 is 0 Å². The minimum absolute atomic E-state index is 0.271. The van der Waals surface area contributed by atoms with Crippen LogP contribution in [0.5, 0.6) is 11.5 Å². The zero-order valence-corrected chi connectivity index (χ0v) is 18.7. The highest BCUT2D eigenvalue weighted by molar-refractivity contribution is 6.07. The number of anilines is 2.